The van der Waals surface area contributed by atoms with Crippen molar-refractivity contribution in [3.05, 3.63) is 24.7 Å². The normalized spacial score (nSPS) is 23.5. The summed E-state index contributed by atoms with van der Waals surface area (Å²) < 4.78 is 21.7. The van der Waals surface area contributed by atoms with Gasteiger partial charge in [-0.25, -0.2) is 9.67 Å². The number of ether oxygens (including phenoxy) is 3. The standard InChI is InChI=1S/C21H27N5O3/c1-15-6-10-27-8-4-7-25-14-16(12-23-25)21-17-11-19(29-15)22-13-18(17)26(24-21)20-5-2-3-9-28-20/h11-15,20H,2-10H2,1H3/t15-,20?/m1/s1. The first-order valence-corrected chi connectivity index (χ1v) is 10.5. The Morgan fingerprint density at radius 2 is 2.03 bits per heavy atom. The van der Waals surface area contributed by atoms with Crippen LogP contribution in [-0.2, 0) is 16.0 Å². The largest absolute Gasteiger partial charge is 0.475 e. The number of fused-ring (bicyclic) bond motifs is 4. The van der Waals surface area contributed by atoms with Crippen molar-refractivity contribution >= 4 is 10.9 Å². The van der Waals surface area contributed by atoms with E-state index in [1.807, 2.05) is 27.8 Å². The van der Waals surface area contributed by atoms with E-state index in [1.165, 1.54) is 0 Å². The van der Waals surface area contributed by atoms with Gasteiger partial charge >= 0.3 is 0 Å². The van der Waals surface area contributed by atoms with E-state index in [2.05, 4.69) is 23.2 Å². The third kappa shape index (κ3) is 3.86. The fourth-order valence-electron chi connectivity index (χ4n) is 3.98. The highest BCUT2D eigenvalue weighted by Gasteiger charge is 2.23. The van der Waals surface area contributed by atoms with Crippen molar-refractivity contribution in [3.8, 4) is 17.1 Å². The summed E-state index contributed by atoms with van der Waals surface area (Å²) >= 11 is 0. The van der Waals surface area contributed by atoms with Gasteiger partial charge in [-0.15, -0.1) is 0 Å². The van der Waals surface area contributed by atoms with Crippen molar-refractivity contribution in [2.24, 2.45) is 0 Å². The maximum absolute atomic E-state index is 6.06. The maximum Gasteiger partial charge on any atom is 0.214 e. The van der Waals surface area contributed by atoms with E-state index in [1.54, 1.807) is 0 Å². The minimum Gasteiger partial charge on any atom is -0.475 e. The summed E-state index contributed by atoms with van der Waals surface area (Å²) in [6.07, 6.45) is 10.7. The van der Waals surface area contributed by atoms with Crippen LogP contribution in [0.15, 0.2) is 24.7 Å². The number of rotatable bonds is 1. The van der Waals surface area contributed by atoms with Crippen LogP contribution in [0.25, 0.3) is 22.2 Å². The average molecular weight is 397 g/mol. The Morgan fingerprint density at radius 3 is 2.93 bits per heavy atom. The van der Waals surface area contributed by atoms with E-state index in [-0.39, 0.29) is 12.3 Å². The first kappa shape index (κ1) is 18.6. The molecule has 8 heteroatoms. The van der Waals surface area contributed by atoms with Gasteiger partial charge in [-0.05, 0) is 32.6 Å². The Balaban J connectivity index is 1.60. The fraction of sp³-hybridized carbons (Fsp3) is 0.571. The lowest BCUT2D eigenvalue weighted by molar-refractivity contribution is -0.0365. The maximum atomic E-state index is 6.06. The molecule has 0 amide bonds. The Kier molecular flexibility index (Phi) is 5.20. The van der Waals surface area contributed by atoms with E-state index < -0.39 is 0 Å². The number of hydrogen-bond donors (Lipinski definition) is 0. The van der Waals surface area contributed by atoms with Crippen LogP contribution in [0.3, 0.4) is 0 Å². The molecule has 1 unspecified atom stereocenters. The number of aromatic nitrogens is 5. The van der Waals surface area contributed by atoms with Gasteiger partial charge in [0.2, 0.25) is 5.88 Å². The Hall–Kier alpha value is -2.45. The molecule has 4 bridgehead atoms. The average Bonchev–Trinajstić information content (AvgIpc) is 3.35. The van der Waals surface area contributed by atoms with E-state index in [9.17, 15) is 0 Å². The molecule has 1 saturated heterocycles. The van der Waals surface area contributed by atoms with Crippen LogP contribution in [0.5, 0.6) is 5.88 Å². The zero-order chi connectivity index (χ0) is 19.6. The third-order valence-electron chi connectivity index (χ3n) is 5.57. The molecule has 0 aromatic carbocycles. The molecule has 8 nitrogen and oxygen atoms in total. The summed E-state index contributed by atoms with van der Waals surface area (Å²) in [5.74, 6) is 0.609. The van der Waals surface area contributed by atoms with Crippen LogP contribution in [0.2, 0.25) is 0 Å². The molecule has 29 heavy (non-hydrogen) atoms. The van der Waals surface area contributed by atoms with Gasteiger partial charge in [-0.2, -0.15) is 10.2 Å². The quantitative estimate of drug-likeness (QED) is 0.625. The molecule has 2 aliphatic rings. The molecule has 3 aromatic rings. The highest BCUT2D eigenvalue weighted by atomic mass is 16.5. The second-order valence-corrected chi connectivity index (χ2v) is 7.83. The lowest BCUT2D eigenvalue weighted by atomic mass is 10.1. The van der Waals surface area contributed by atoms with E-state index in [0.717, 1.165) is 67.4 Å². The predicted molar refractivity (Wildman–Crippen MR) is 108 cm³/mol. The molecule has 0 aliphatic carbocycles. The summed E-state index contributed by atoms with van der Waals surface area (Å²) in [6.45, 7) is 5.04. The van der Waals surface area contributed by atoms with Crippen LogP contribution in [0.4, 0.5) is 0 Å². The molecule has 0 saturated carbocycles. The van der Waals surface area contributed by atoms with Gasteiger partial charge in [0.25, 0.3) is 0 Å². The number of nitrogens with zero attached hydrogens (tertiary/aromatic N) is 5. The van der Waals surface area contributed by atoms with Gasteiger partial charge in [0.05, 0.1) is 30.6 Å². The molecule has 0 radical (unpaired) electrons. The summed E-state index contributed by atoms with van der Waals surface area (Å²) in [4.78, 5) is 4.55. The molecule has 5 heterocycles. The Labute approximate surface area is 169 Å². The monoisotopic (exact) mass is 397 g/mol. The molecule has 2 atom stereocenters. The molecule has 2 aliphatic heterocycles. The molecular weight excluding hydrogens is 370 g/mol. The van der Waals surface area contributed by atoms with Crippen LogP contribution in [0.1, 0.15) is 45.3 Å². The van der Waals surface area contributed by atoms with Crippen molar-refractivity contribution in [1.82, 2.24) is 24.5 Å². The van der Waals surface area contributed by atoms with Gasteiger partial charge in [-0.1, -0.05) is 0 Å². The van der Waals surface area contributed by atoms with Gasteiger partial charge in [0.15, 0.2) is 6.23 Å². The highest BCUT2D eigenvalue weighted by Crippen LogP contribution is 2.34. The van der Waals surface area contributed by atoms with Crippen molar-refractivity contribution in [3.63, 3.8) is 0 Å². The zero-order valence-electron chi connectivity index (χ0n) is 16.8. The molecule has 154 valence electrons. The number of aryl methyl sites for hydroxylation is 1. The minimum atomic E-state index is -0.0507. The number of hydrogen-bond acceptors (Lipinski definition) is 6. The lowest BCUT2D eigenvalue weighted by Crippen LogP contribution is -2.19. The lowest BCUT2D eigenvalue weighted by Gasteiger charge is -2.23. The van der Waals surface area contributed by atoms with Gasteiger partial charge < -0.3 is 14.2 Å². The second-order valence-electron chi connectivity index (χ2n) is 7.83. The van der Waals surface area contributed by atoms with Crippen molar-refractivity contribution in [2.45, 2.75) is 57.9 Å². The second kappa shape index (κ2) is 8.12. The topological polar surface area (TPSA) is 76.2 Å². The predicted octanol–water partition coefficient (Wildman–Crippen LogP) is 3.57. The molecule has 0 spiro atoms. The summed E-state index contributed by atoms with van der Waals surface area (Å²) in [5, 5.41) is 10.5. The third-order valence-corrected chi connectivity index (χ3v) is 5.57. The van der Waals surface area contributed by atoms with Crippen LogP contribution in [0, 0.1) is 0 Å². The van der Waals surface area contributed by atoms with Crippen LogP contribution < -0.4 is 4.74 Å². The van der Waals surface area contributed by atoms with Crippen molar-refractivity contribution < 1.29 is 14.2 Å². The van der Waals surface area contributed by atoms with E-state index in [0.29, 0.717) is 19.1 Å². The van der Waals surface area contributed by atoms with Crippen LogP contribution in [-0.4, -0.2) is 50.5 Å². The fourth-order valence-corrected chi connectivity index (χ4v) is 3.98. The molecule has 1 fully saturated rings. The number of pyridine rings is 1. The van der Waals surface area contributed by atoms with Gasteiger partial charge in [0, 0.05) is 49.4 Å². The Morgan fingerprint density at radius 1 is 1.07 bits per heavy atom. The Bertz CT molecular complexity index is 976. The van der Waals surface area contributed by atoms with Crippen molar-refractivity contribution in [1.29, 1.82) is 0 Å². The molecule has 5 rings (SSSR count). The first-order valence-electron chi connectivity index (χ1n) is 10.5. The van der Waals surface area contributed by atoms with Gasteiger partial charge in [0.1, 0.15) is 5.69 Å². The first-order chi connectivity index (χ1) is 14.3. The van der Waals surface area contributed by atoms with Gasteiger partial charge in [-0.3, -0.25) is 4.68 Å². The smallest absolute Gasteiger partial charge is 0.214 e. The van der Waals surface area contributed by atoms with E-state index in [4.69, 9.17) is 19.3 Å². The highest BCUT2D eigenvalue weighted by molar-refractivity contribution is 5.93. The zero-order valence-corrected chi connectivity index (χ0v) is 16.8. The van der Waals surface area contributed by atoms with E-state index >= 15 is 0 Å². The molecular formula is C21H27N5O3. The summed E-state index contributed by atoms with van der Waals surface area (Å²) in [7, 11) is 0. The molecule has 0 N–H and O–H groups in total. The minimum absolute atomic E-state index is 0.0335. The summed E-state index contributed by atoms with van der Waals surface area (Å²) in [6, 6.07) is 1.99. The summed E-state index contributed by atoms with van der Waals surface area (Å²) in [5.41, 5.74) is 2.85. The van der Waals surface area contributed by atoms with Crippen LogP contribution >= 0.6 is 0 Å². The SMILES string of the molecule is C[C@@H]1CCOCCCn2cc(cn2)-c2nn(C3CCCCO3)c3cnc(cc23)O1. The van der Waals surface area contributed by atoms with Crippen molar-refractivity contribution in [2.75, 3.05) is 19.8 Å². The molecule has 3 aromatic heterocycles.